The van der Waals surface area contributed by atoms with Crippen molar-refractivity contribution in [2.24, 2.45) is 5.10 Å². The van der Waals surface area contributed by atoms with Crippen molar-refractivity contribution in [3.05, 3.63) is 23.7 Å². The van der Waals surface area contributed by atoms with Crippen molar-refractivity contribution in [3.8, 4) is 0 Å². The van der Waals surface area contributed by atoms with E-state index >= 15 is 0 Å². The van der Waals surface area contributed by atoms with Crippen molar-refractivity contribution in [2.45, 2.75) is 25.9 Å². The Balaban J connectivity index is 1.66. The Labute approximate surface area is 112 Å². The lowest BCUT2D eigenvalue weighted by Gasteiger charge is -2.11. The molecule has 1 fully saturated rings. The molecule has 0 amide bonds. The molecule has 18 heavy (non-hydrogen) atoms. The Morgan fingerprint density at radius 3 is 3.17 bits per heavy atom. The second-order valence-corrected chi connectivity index (χ2v) is 4.57. The van der Waals surface area contributed by atoms with Crippen LogP contribution in [0.25, 0.3) is 0 Å². The highest BCUT2D eigenvalue weighted by atomic mass is 32.1. The highest BCUT2D eigenvalue weighted by Gasteiger charge is 2.14. The third-order valence-corrected chi connectivity index (χ3v) is 2.87. The number of rotatable bonds is 4. The van der Waals surface area contributed by atoms with Crippen LogP contribution in [0.5, 0.6) is 0 Å². The Kier molecular flexibility index (Phi) is 4.72. The number of nitrogens with one attached hydrogen (secondary N) is 2. The second-order valence-electron chi connectivity index (χ2n) is 4.16. The lowest BCUT2D eigenvalue weighted by molar-refractivity contribution is 0.114. The molecule has 0 bridgehead atoms. The number of furan rings is 1. The van der Waals surface area contributed by atoms with Crippen LogP contribution in [0, 0.1) is 6.92 Å². The molecule has 98 valence electrons. The average Bonchev–Trinajstić information content (AvgIpc) is 2.98. The normalized spacial score (nSPS) is 19.3. The fourth-order valence-electron chi connectivity index (χ4n) is 1.73. The molecule has 2 N–H and O–H groups in total. The number of hydrazone groups is 1. The first-order chi connectivity index (χ1) is 8.74. The van der Waals surface area contributed by atoms with Crippen LogP contribution in [-0.2, 0) is 4.74 Å². The predicted octanol–water partition coefficient (Wildman–Crippen LogP) is 1.57. The molecule has 2 heterocycles. The first-order valence-electron chi connectivity index (χ1n) is 5.99. The van der Waals surface area contributed by atoms with Crippen molar-refractivity contribution in [1.29, 1.82) is 0 Å². The average molecular weight is 267 g/mol. The van der Waals surface area contributed by atoms with E-state index in [-0.39, 0.29) is 6.10 Å². The Morgan fingerprint density at radius 2 is 2.50 bits per heavy atom. The molecular weight excluding hydrogens is 250 g/mol. The molecule has 0 spiro atoms. The van der Waals surface area contributed by atoms with Crippen molar-refractivity contribution >= 4 is 23.5 Å². The van der Waals surface area contributed by atoms with Crippen LogP contribution in [-0.4, -0.2) is 30.6 Å². The Morgan fingerprint density at radius 1 is 1.61 bits per heavy atom. The predicted molar refractivity (Wildman–Crippen MR) is 73.7 cm³/mol. The first kappa shape index (κ1) is 13.0. The standard InChI is InChI=1S/C12H17N3O2S/c1-9-4-5-11(17-9)8-14-15-12(18)13-7-10-3-2-6-16-10/h4-5,8,10H,2-3,6-7H2,1H3,(H2,13,15,18)/b14-8-/t10-/m0/s1. The van der Waals surface area contributed by atoms with Gasteiger partial charge in [-0.15, -0.1) is 0 Å². The third-order valence-electron chi connectivity index (χ3n) is 2.63. The summed E-state index contributed by atoms with van der Waals surface area (Å²) in [4.78, 5) is 0. The van der Waals surface area contributed by atoms with Crippen LogP contribution in [0.2, 0.25) is 0 Å². The summed E-state index contributed by atoms with van der Waals surface area (Å²) in [5.41, 5.74) is 2.74. The quantitative estimate of drug-likeness (QED) is 0.492. The fourth-order valence-corrected chi connectivity index (χ4v) is 1.86. The minimum atomic E-state index is 0.265. The summed E-state index contributed by atoms with van der Waals surface area (Å²) in [6.45, 7) is 3.46. The number of hydrogen-bond acceptors (Lipinski definition) is 4. The van der Waals surface area contributed by atoms with Gasteiger partial charge in [-0.1, -0.05) is 0 Å². The number of nitrogens with zero attached hydrogens (tertiary/aromatic N) is 1. The molecule has 0 unspecified atom stereocenters. The molecule has 2 rings (SSSR count). The summed E-state index contributed by atoms with van der Waals surface area (Å²) in [7, 11) is 0. The summed E-state index contributed by atoms with van der Waals surface area (Å²) in [5, 5.41) is 7.54. The minimum Gasteiger partial charge on any atom is -0.460 e. The van der Waals surface area contributed by atoms with Crippen molar-refractivity contribution in [3.63, 3.8) is 0 Å². The molecule has 1 aliphatic heterocycles. The SMILES string of the molecule is Cc1ccc(/C=N\NC(=S)NC[C@@H]2CCCO2)o1. The maximum Gasteiger partial charge on any atom is 0.187 e. The molecule has 5 nitrogen and oxygen atoms in total. The van der Waals surface area contributed by atoms with Gasteiger partial charge in [-0.3, -0.25) is 5.43 Å². The highest BCUT2D eigenvalue weighted by Crippen LogP contribution is 2.10. The summed E-state index contributed by atoms with van der Waals surface area (Å²) >= 11 is 5.09. The maximum atomic E-state index is 5.48. The van der Waals surface area contributed by atoms with Crippen molar-refractivity contribution in [1.82, 2.24) is 10.7 Å². The zero-order valence-electron chi connectivity index (χ0n) is 10.3. The maximum absolute atomic E-state index is 5.48. The molecule has 1 atom stereocenters. The van der Waals surface area contributed by atoms with Crippen molar-refractivity contribution < 1.29 is 9.15 Å². The van der Waals surface area contributed by atoms with Gasteiger partial charge < -0.3 is 14.5 Å². The summed E-state index contributed by atoms with van der Waals surface area (Å²) in [5.74, 6) is 1.55. The zero-order valence-corrected chi connectivity index (χ0v) is 11.1. The lowest BCUT2D eigenvalue weighted by atomic mass is 10.2. The van der Waals surface area contributed by atoms with Crippen LogP contribution in [0.1, 0.15) is 24.4 Å². The monoisotopic (exact) mass is 267 g/mol. The van der Waals surface area contributed by atoms with E-state index in [0.717, 1.165) is 31.8 Å². The largest absolute Gasteiger partial charge is 0.460 e. The number of hydrogen-bond donors (Lipinski definition) is 2. The molecule has 1 aromatic heterocycles. The third kappa shape index (κ3) is 4.12. The van der Waals surface area contributed by atoms with Gasteiger partial charge in [0.2, 0.25) is 0 Å². The topological polar surface area (TPSA) is 58.8 Å². The van der Waals surface area contributed by atoms with Crippen LogP contribution in [0.3, 0.4) is 0 Å². The van der Waals surface area contributed by atoms with Gasteiger partial charge in [0.25, 0.3) is 0 Å². The van der Waals surface area contributed by atoms with Crippen LogP contribution in [0.15, 0.2) is 21.7 Å². The molecule has 0 aromatic carbocycles. The number of thiocarbonyl (C=S) groups is 1. The van der Waals surface area contributed by atoms with E-state index in [1.54, 1.807) is 6.21 Å². The Hall–Kier alpha value is -1.40. The van der Waals surface area contributed by atoms with E-state index in [9.17, 15) is 0 Å². The Bertz CT molecular complexity index is 425. The molecule has 1 saturated heterocycles. The lowest BCUT2D eigenvalue weighted by Crippen LogP contribution is -2.37. The van der Waals surface area contributed by atoms with Gasteiger partial charge in [0.15, 0.2) is 5.11 Å². The summed E-state index contributed by atoms with van der Waals surface area (Å²) < 4.78 is 10.8. The zero-order chi connectivity index (χ0) is 12.8. The molecule has 1 aromatic rings. The van der Waals surface area contributed by atoms with Gasteiger partial charge >= 0.3 is 0 Å². The minimum absolute atomic E-state index is 0.265. The molecule has 0 radical (unpaired) electrons. The van der Waals surface area contributed by atoms with Crippen LogP contribution < -0.4 is 10.7 Å². The summed E-state index contributed by atoms with van der Waals surface area (Å²) in [6, 6.07) is 3.73. The van der Waals surface area contributed by atoms with E-state index in [1.807, 2.05) is 19.1 Å². The smallest absolute Gasteiger partial charge is 0.187 e. The summed E-state index contributed by atoms with van der Waals surface area (Å²) in [6.07, 6.45) is 4.07. The van der Waals surface area contributed by atoms with Gasteiger partial charge in [0.1, 0.15) is 11.5 Å². The van der Waals surface area contributed by atoms with Gasteiger partial charge in [-0.25, -0.2) is 0 Å². The van der Waals surface area contributed by atoms with Gasteiger partial charge in [0.05, 0.1) is 12.3 Å². The number of ether oxygens (including phenoxy) is 1. The van der Waals surface area contributed by atoms with E-state index in [0.29, 0.717) is 10.9 Å². The van der Waals surface area contributed by atoms with Gasteiger partial charge in [-0.05, 0) is 44.1 Å². The van der Waals surface area contributed by atoms with Crippen LogP contribution >= 0.6 is 12.2 Å². The highest BCUT2D eigenvalue weighted by molar-refractivity contribution is 7.80. The van der Waals surface area contributed by atoms with E-state index in [1.165, 1.54) is 0 Å². The fraction of sp³-hybridized carbons (Fsp3) is 0.500. The second kappa shape index (κ2) is 6.51. The van der Waals surface area contributed by atoms with Crippen molar-refractivity contribution in [2.75, 3.05) is 13.2 Å². The molecular formula is C12H17N3O2S. The van der Waals surface area contributed by atoms with Gasteiger partial charge in [-0.2, -0.15) is 5.10 Å². The van der Waals surface area contributed by atoms with Crippen LogP contribution in [0.4, 0.5) is 0 Å². The van der Waals surface area contributed by atoms with E-state index in [2.05, 4.69) is 15.8 Å². The van der Waals surface area contributed by atoms with E-state index in [4.69, 9.17) is 21.4 Å². The van der Waals surface area contributed by atoms with E-state index < -0.39 is 0 Å². The molecule has 0 aliphatic carbocycles. The first-order valence-corrected chi connectivity index (χ1v) is 6.40. The molecule has 6 heteroatoms. The number of aryl methyl sites for hydroxylation is 1. The van der Waals surface area contributed by atoms with Gasteiger partial charge in [0, 0.05) is 13.2 Å². The molecule has 0 saturated carbocycles. The molecule has 1 aliphatic rings.